The first-order chi connectivity index (χ1) is 16.3. The second-order valence-corrected chi connectivity index (χ2v) is 8.40. The van der Waals surface area contributed by atoms with Crippen LogP contribution < -0.4 is 4.74 Å². The molecule has 0 aromatic heterocycles. The standard InChI is InChI=1S/C25H25N3O6/c1-15-18(4-5-19-20(15)14-34-25(19)32)22(30)11-27-7-8-28(24(31)13-27)12-21(29)16-3-6-23(33-2)17(9-16)10-26/h3-6,9,22,30H,7-8,11-14H2,1-2H3/t22-/m0/s1. The Bertz CT molecular complexity index is 1200. The maximum absolute atomic E-state index is 12.7. The van der Waals surface area contributed by atoms with Gasteiger partial charge in [-0.3, -0.25) is 14.5 Å². The fourth-order valence-electron chi connectivity index (χ4n) is 4.39. The predicted molar refractivity (Wildman–Crippen MR) is 120 cm³/mol. The van der Waals surface area contributed by atoms with Crippen molar-refractivity contribution in [1.82, 2.24) is 9.80 Å². The number of cyclic esters (lactones) is 1. The second-order valence-electron chi connectivity index (χ2n) is 8.40. The second kappa shape index (κ2) is 9.63. The molecular weight excluding hydrogens is 438 g/mol. The molecule has 9 heteroatoms. The maximum atomic E-state index is 12.7. The molecule has 34 heavy (non-hydrogen) atoms. The van der Waals surface area contributed by atoms with Crippen LogP contribution in [0.4, 0.5) is 0 Å². The lowest BCUT2D eigenvalue weighted by Crippen LogP contribution is -2.52. The van der Waals surface area contributed by atoms with Gasteiger partial charge in [0.05, 0.1) is 37.4 Å². The summed E-state index contributed by atoms with van der Waals surface area (Å²) in [7, 11) is 1.45. The van der Waals surface area contributed by atoms with E-state index in [2.05, 4.69) is 0 Å². The minimum absolute atomic E-state index is 0.0790. The minimum atomic E-state index is -0.828. The quantitative estimate of drug-likeness (QED) is 0.486. The summed E-state index contributed by atoms with van der Waals surface area (Å²) in [5, 5.41) is 20.0. The Labute approximate surface area is 197 Å². The number of nitriles is 1. The van der Waals surface area contributed by atoms with Crippen LogP contribution in [0.2, 0.25) is 0 Å². The molecule has 1 N–H and O–H groups in total. The molecule has 1 fully saturated rings. The number of benzene rings is 2. The van der Waals surface area contributed by atoms with Crippen molar-refractivity contribution in [1.29, 1.82) is 5.26 Å². The molecule has 4 rings (SSSR count). The van der Waals surface area contributed by atoms with Gasteiger partial charge in [0, 0.05) is 30.8 Å². The molecule has 0 radical (unpaired) electrons. The SMILES string of the molecule is COc1ccc(C(=O)CN2CCN(C[C@H](O)c3ccc4c(c3C)COC4=O)CC2=O)cc1C#N. The maximum Gasteiger partial charge on any atom is 0.338 e. The third kappa shape index (κ3) is 4.51. The number of carbonyl (C=O) groups is 3. The molecule has 2 heterocycles. The van der Waals surface area contributed by atoms with Crippen LogP contribution in [0.15, 0.2) is 30.3 Å². The Balaban J connectivity index is 1.36. The number of hydrogen-bond acceptors (Lipinski definition) is 8. The Kier molecular flexibility index (Phi) is 6.63. The van der Waals surface area contributed by atoms with Crippen LogP contribution in [0, 0.1) is 18.3 Å². The monoisotopic (exact) mass is 463 g/mol. The summed E-state index contributed by atoms with van der Waals surface area (Å²) < 4.78 is 10.2. The van der Waals surface area contributed by atoms with Crippen LogP contribution in [0.1, 0.15) is 49.1 Å². The molecule has 2 aromatic carbocycles. The number of methoxy groups -OCH3 is 1. The lowest BCUT2D eigenvalue weighted by atomic mass is 9.95. The first-order valence-electron chi connectivity index (χ1n) is 10.9. The van der Waals surface area contributed by atoms with E-state index >= 15 is 0 Å². The molecule has 1 atom stereocenters. The molecule has 2 aliphatic rings. The molecule has 2 aromatic rings. The molecule has 0 bridgehead atoms. The van der Waals surface area contributed by atoms with Crippen LogP contribution in [0.25, 0.3) is 0 Å². The molecule has 0 saturated carbocycles. The summed E-state index contributed by atoms with van der Waals surface area (Å²) in [6.07, 6.45) is -0.828. The van der Waals surface area contributed by atoms with Crippen LogP contribution in [0.5, 0.6) is 5.75 Å². The molecule has 9 nitrogen and oxygen atoms in total. The highest BCUT2D eigenvalue weighted by Crippen LogP contribution is 2.29. The van der Waals surface area contributed by atoms with E-state index in [0.717, 1.165) is 11.1 Å². The number of hydrogen-bond donors (Lipinski definition) is 1. The van der Waals surface area contributed by atoms with Gasteiger partial charge in [-0.2, -0.15) is 5.26 Å². The first-order valence-corrected chi connectivity index (χ1v) is 10.9. The largest absolute Gasteiger partial charge is 0.495 e. The van der Waals surface area contributed by atoms with Gasteiger partial charge in [-0.25, -0.2) is 4.79 Å². The fourth-order valence-corrected chi connectivity index (χ4v) is 4.39. The zero-order valence-electron chi connectivity index (χ0n) is 19.0. The molecule has 0 aliphatic carbocycles. The summed E-state index contributed by atoms with van der Waals surface area (Å²) in [6, 6.07) is 10.0. The van der Waals surface area contributed by atoms with Gasteiger partial charge in [0.15, 0.2) is 5.78 Å². The van der Waals surface area contributed by atoms with Gasteiger partial charge in [-0.15, -0.1) is 0 Å². The number of amides is 1. The molecule has 0 spiro atoms. The van der Waals surface area contributed by atoms with Gasteiger partial charge < -0.3 is 19.5 Å². The van der Waals surface area contributed by atoms with Crippen LogP contribution in [-0.2, 0) is 16.1 Å². The number of aliphatic hydroxyl groups is 1. The molecular formula is C25H25N3O6. The van der Waals surface area contributed by atoms with Crippen LogP contribution >= 0.6 is 0 Å². The van der Waals surface area contributed by atoms with Crippen molar-refractivity contribution in [2.75, 3.05) is 39.8 Å². The van der Waals surface area contributed by atoms with Crippen LogP contribution in [0.3, 0.4) is 0 Å². The van der Waals surface area contributed by atoms with Crippen molar-refractivity contribution < 1.29 is 29.0 Å². The van der Waals surface area contributed by atoms with E-state index in [-0.39, 0.29) is 49.5 Å². The summed E-state index contributed by atoms with van der Waals surface area (Å²) in [4.78, 5) is 40.5. The van der Waals surface area contributed by atoms with E-state index in [1.807, 2.05) is 17.9 Å². The van der Waals surface area contributed by atoms with Crippen molar-refractivity contribution in [3.8, 4) is 11.8 Å². The van der Waals surface area contributed by atoms with E-state index in [1.165, 1.54) is 18.1 Å². The Morgan fingerprint density at radius 1 is 1.26 bits per heavy atom. The number of ether oxygens (including phenoxy) is 2. The third-order valence-electron chi connectivity index (χ3n) is 6.37. The number of fused-ring (bicyclic) bond motifs is 1. The zero-order chi connectivity index (χ0) is 24.4. The van der Waals surface area contributed by atoms with Crippen molar-refractivity contribution in [3.63, 3.8) is 0 Å². The third-order valence-corrected chi connectivity index (χ3v) is 6.37. The number of β-amino-alcohol motifs (C(OH)–C–C–N with tert-alkyl or cyclic N) is 1. The van der Waals surface area contributed by atoms with Crippen molar-refractivity contribution >= 4 is 17.7 Å². The molecule has 1 saturated heterocycles. The average molecular weight is 463 g/mol. The number of ketones is 1. The first kappa shape index (κ1) is 23.4. The topological polar surface area (TPSA) is 120 Å². The van der Waals surface area contributed by atoms with Crippen molar-refractivity contribution in [2.24, 2.45) is 0 Å². The predicted octanol–water partition coefficient (Wildman–Crippen LogP) is 1.61. The van der Waals surface area contributed by atoms with E-state index in [4.69, 9.17) is 9.47 Å². The number of rotatable bonds is 7. The van der Waals surface area contributed by atoms with Crippen LogP contribution in [-0.4, -0.2) is 72.4 Å². The molecule has 0 unspecified atom stereocenters. The van der Waals surface area contributed by atoms with Gasteiger partial charge in [0.2, 0.25) is 5.91 Å². The summed E-state index contributed by atoms with van der Waals surface area (Å²) in [5.41, 5.74) is 3.45. The number of Topliss-reactive ketones (excluding diaryl/α,β-unsaturated/α-hetero) is 1. The summed E-state index contributed by atoms with van der Waals surface area (Å²) in [5.74, 6) is -0.425. The van der Waals surface area contributed by atoms with Crippen molar-refractivity contribution in [3.05, 3.63) is 63.7 Å². The fraction of sp³-hybridized carbons (Fsp3) is 0.360. The minimum Gasteiger partial charge on any atom is -0.495 e. The van der Waals surface area contributed by atoms with E-state index < -0.39 is 6.10 Å². The molecule has 2 aliphatic heterocycles. The van der Waals surface area contributed by atoms with E-state index in [0.29, 0.717) is 35.5 Å². The lowest BCUT2D eigenvalue weighted by Gasteiger charge is -2.35. The number of aliphatic hydroxyl groups excluding tert-OH is 1. The Morgan fingerprint density at radius 3 is 2.76 bits per heavy atom. The zero-order valence-corrected chi connectivity index (χ0v) is 19.0. The normalized spacial score (nSPS) is 16.6. The van der Waals surface area contributed by atoms with Gasteiger partial charge in [-0.1, -0.05) is 6.07 Å². The Hall–Kier alpha value is -3.74. The molecule has 176 valence electrons. The van der Waals surface area contributed by atoms with Gasteiger partial charge in [-0.05, 0) is 42.3 Å². The van der Waals surface area contributed by atoms with E-state index in [1.54, 1.807) is 24.3 Å². The van der Waals surface area contributed by atoms with E-state index in [9.17, 15) is 24.8 Å². The Morgan fingerprint density at radius 2 is 2.06 bits per heavy atom. The smallest absolute Gasteiger partial charge is 0.338 e. The number of carbonyl (C=O) groups excluding carboxylic acids is 3. The number of nitrogens with zero attached hydrogens (tertiary/aromatic N) is 3. The lowest BCUT2D eigenvalue weighted by molar-refractivity contribution is -0.136. The summed E-state index contributed by atoms with van der Waals surface area (Å²) in [6.45, 7) is 3.18. The molecule has 1 amide bonds. The summed E-state index contributed by atoms with van der Waals surface area (Å²) >= 11 is 0. The van der Waals surface area contributed by atoms with Crippen molar-refractivity contribution in [2.45, 2.75) is 19.6 Å². The highest BCUT2D eigenvalue weighted by atomic mass is 16.5. The highest BCUT2D eigenvalue weighted by molar-refractivity contribution is 6.00. The van der Waals surface area contributed by atoms with Gasteiger partial charge in [0.1, 0.15) is 18.4 Å². The van der Waals surface area contributed by atoms with Gasteiger partial charge >= 0.3 is 5.97 Å². The highest BCUT2D eigenvalue weighted by Gasteiger charge is 2.29. The number of piperazine rings is 1. The average Bonchev–Trinajstić information content (AvgIpc) is 3.21. The number of esters is 1. The van der Waals surface area contributed by atoms with Gasteiger partial charge in [0.25, 0.3) is 0 Å².